The highest BCUT2D eigenvalue weighted by Gasteiger charge is 2.19. The molecular weight excluding hydrogens is 440 g/mol. The second kappa shape index (κ2) is 9.34. The SMILES string of the molecule is COc1cc2c(cc1OC)n(CC(=O)NCc1cccc(OC)c1OC)n1c(C)cc(=O)nc21. The minimum atomic E-state index is -0.360. The number of aryl methyl sites for hydroxylation is 1. The first kappa shape index (κ1) is 23.0. The average Bonchev–Trinajstić information content (AvgIpc) is 3.13. The van der Waals surface area contributed by atoms with Crippen molar-refractivity contribution in [3.63, 3.8) is 0 Å². The Labute approximate surface area is 195 Å². The summed E-state index contributed by atoms with van der Waals surface area (Å²) in [5.41, 5.74) is 2.17. The van der Waals surface area contributed by atoms with Crippen molar-refractivity contribution in [2.45, 2.75) is 20.0 Å². The zero-order chi connectivity index (χ0) is 24.4. The largest absolute Gasteiger partial charge is 0.493 e. The molecule has 0 saturated heterocycles. The van der Waals surface area contributed by atoms with Crippen molar-refractivity contribution in [1.29, 1.82) is 0 Å². The van der Waals surface area contributed by atoms with Gasteiger partial charge in [-0.3, -0.25) is 14.3 Å². The molecule has 0 unspecified atom stereocenters. The van der Waals surface area contributed by atoms with Crippen molar-refractivity contribution in [3.05, 3.63) is 58.0 Å². The molecule has 1 N–H and O–H groups in total. The number of hydrogen-bond donors (Lipinski definition) is 1. The number of carbonyl (C=O) groups excluding carboxylic acids is 1. The van der Waals surface area contributed by atoms with Crippen LogP contribution in [0.15, 0.2) is 41.2 Å². The molecule has 0 saturated carbocycles. The Morgan fingerprint density at radius 2 is 1.68 bits per heavy atom. The summed E-state index contributed by atoms with van der Waals surface area (Å²) in [7, 11) is 6.19. The van der Waals surface area contributed by atoms with Crippen molar-refractivity contribution in [2.75, 3.05) is 28.4 Å². The summed E-state index contributed by atoms with van der Waals surface area (Å²) in [5, 5.41) is 3.60. The second-order valence-corrected chi connectivity index (χ2v) is 7.58. The number of aromatic nitrogens is 3. The molecule has 0 aliphatic rings. The number of methoxy groups -OCH3 is 4. The third-order valence-corrected chi connectivity index (χ3v) is 5.60. The fourth-order valence-corrected chi connectivity index (χ4v) is 4.07. The monoisotopic (exact) mass is 466 g/mol. The van der Waals surface area contributed by atoms with E-state index in [1.54, 1.807) is 48.5 Å². The van der Waals surface area contributed by atoms with Crippen LogP contribution in [0.25, 0.3) is 16.6 Å². The van der Waals surface area contributed by atoms with E-state index in [-0.39, 0.29) is 24.6 Å². The van der Waals surface area contributed by atoms with E-state index in [2.05, 4.69) is 10.3 Å². The van der Waals surface area contributed by atoms with Gasteiger partial charge in [0.2, 0.25) is 5.91 Å². The van der Waals surface area contributed by atoms with Crippen LogP contribution in [0.5, 0.6) is 23.0 Å². The number of carbonyl (C=O) groups is 1. The number of amides is 1. The lowest BCUT2D eigenvalue weighted by atomic mass is 10.2. The minimum absolute atomic E-state index is 0.0207. The minimum Gasteiger partial charge on any atom is -0.493 e. The van der Waals surface area contributed by atoms with Crippen molar-refractivity contribution >= 4 is 22.5 Å². The summed E-state index contributed by atoms with van der Waals surface area (Å²) in [6, 6.07) is 10.4. The molecule has 0 aliphatic carbocycles. The summed E-state index contributed by atoms with van der Waals surface area (Å²) < 4.78 is 25.2. The van der Waals surface area contributed by atoms with Crippen molar-refractivity contribution < 1.29 is 23.7 Å². The van der Waals surface area contributed by atoms with Gasteiger partial charge >= 0.3 is 0 Å². The molecular formula is C24H26N4O6. The first-order chi connectivity index (χ1) is 16.4. The Morgan fingerprint density at radius 1 is 0.971 bits per heavy atom. The number of rotatable bonds is 8. The molecule has 2 heterocycles. The first-order valence-corrected chi connectivity index (χ1v) is 10.5. The van der Waals surface area contributed by atoms with E-state index < -0.39 is 0 Å². The van der Waals surface area contributed by atoms with E-state index in [4.69, 9.17) is 18.9 Å². The number of ether oxygens (including phenoxy) is 4. The van der Waals surface area contributed by atoms with Crippen LogP contribution < -0.4 is 29.8 Å². The highest BCUT2D eigenvalue weighted by molar-refractivity contribution is 5.96. The molecule has 178 valence electrons. The summed E-state index contributed by atoms with van der Waals surface area (Å²) >= 11 is 0. The summed E-state index contributed by atoms with van der Waals surface area (Å²) in [6.45, 7) is 2.02. The Morgan fingerprint density at radius 3 is 2.35 bits per heavy atom. The number of benzene rings is 2. The predicted molar refractivity (Wildman–Crippen MR) is 126 cm³/mol. The van der Waals surface area contributed by atoms with Crippen molar-refractivity contribution in [1.82, 2.24) is 19.5 Å². The average molecular weight is 466 g/mol. The van der Waals surface area contributed by atoms with E-state index in [0.717, 1.165) is 5.56 Å². The fraction of sp³-hybridized carbons (Fsp3) is 0.292. The van der Waals surface area contributed by atoms with E-state index >= 15 is 0 Å². The Kier molecular flexibility index (Phi) is 6.31. The maximum atomic E-state index is 13.0. The summed E-state index contributed by atoms with van der Waals surface area (Å²) in [6.07, 6.45) is 0. The maximum absolute atomic E-state index is 13.0. The molecule has 0 spiro atoms. The standard InChI is InChI=1S/C24H26N4O6/c1-14-9-21(29)26-24-16-10-19(32-3)20(33-4)11-17(16)27(28(14)24)13-22(30)25-12-15-7-6-8-18(31-2)23(15)34-5/h6-11H,12-13H2,1-5H3,(H,25,30). The lowest BCUT2D eigenvalue weighted by molar-refractivity contribution is -0.122. The van der Waals surface area contributed by atoms with Crippen LogP contribution in [0.1, 0.15) is 11.3 Å². The molecule has 4 rings (SSSR count). The third kappa shape index (κ3) is 3.98. The molecule has 0 bridgehead atoms. The lowest BCUT2D eigenvalue weighted by Gasteiger charge is -2.14. The van der Waals surface area contributed by atoms with E-state index in [9.17, 15) is 9.59 Å². The van der Waals surface area contributed by atoms with Gasteiger partial charge in [0, 0.05) is 35.3 Å². The molecule has 2 aromatic heterocycles. The number of fused-ring (bicyclic) bond motifs is 3. The maximum Gasteiger partial charge on any atom is 0.273 e. The Hall–Kier alpha value is -4.21. The number of nitrogens with zero attached hydrogens (tertiary/aromatic N) is 3. The predicted octanol–water partition coefficient (Wildman–Crippen LogP) is 2.31. The van der Waals surface area contributed by atoms with Crippen LogP contribution in [-0.2, 0) is 17.9 Å². The fourth-order valence-electron chi connectivity index (χ4n) is 4.07. The molecule has 2 aromatic carbocycles. The van der Waals surface area contributed by atoms with Gasteiger partial charge in [-0.15, -0.1) is 0 Å². The molecule has 10 nitrogen and oxygen atoms in total. The van der Waals surface area contributed by atoms with Gasteiger partial charge in [0.15, 0.2) is 28.6 Å². The lowest BCUT2D eigenvalue weighted by Crippen LogP contribution is -2.29. The first-order valence-electron chi connectivity index (χ1n) is 10.5. The topological polar surface area (TPSA) is 105 Å². The van der Waals surface area contributed by atoms with Crippen LogP contribution in [0, 0.1) is 6.92 Å². The van der Waals surface area contributed by atoms with Gasteiger partial charge in [-0.25, -0.2) is 4.52 Å². The van der Waals surface area contributed by atoms with Gasteiger partial charge < -0.3 is 24.3 Å². The second-order valence-electron chi connectivity index (χ2n) is 7.58. The van der Waals surface area contributed by atoms with Gasteiger partial charge in [0.25, 0.3) is 5.56 Å². The van der Waals surface area contributed by atoms with Gasteiger partial charge in [-0.2, -0.15) is 4.98 Å². The Balaban J connectivity index is 1.74. The van der Waals surface area contributed by atoms with Gasteiger partial charge in [0.05, 0.1) is 34.0 Å². The molecule has 0 aliphatic heterocycles. The zero-order valence-electron chi connectivity index (χ0n) is 19.7. The van der Waals surface area contributed by atoms with Crippen LogP contribution >= 0.6 is 0 Å². The van der Waals surface area contributed by atoms with E-state index in [0.29, 0.717) is 45.2 Å². The van der Waals surface area contributed by atoms with Gasteiger partial charge in [-0.05, 0) is 19.1 Å². The molecule has 0 atom stereocenters. The van der Waals surface area contributed by atoms with E-state index in [1.165, 1.54) is 20.3 Å². The highest BCUT2D eigenvalue weighted by atomic mass is 16.5. The quantitative estimate of drug-likeness (QED) is 0.425. The molecule has 4 aromatic rings. The van der Waals surface area contributed by atoms with Crippen LogP contribution in [-0.4, -0.2) is 48.5 Å². The van der Waals surface area contributed by atoms with Crippen molar-refractivity contribution in [2.24, 2.45) is 0 Å². The number of nitrogens with one attached hydrogen (secondary N) is 1. The molecule has 1 amide bonds. The summed E-state index contributed by atoms with van der Waals surface area (Å²) in [5.74, 6) is 1.91. The summed E-state index contributed by atoms with van der Waals surface area (Å²) in [4.78, 5) is 29.4. The third-order valence-electron chi connectivity index (χ3n) is 5.60. The van der Waals surface area contributed by atoms with Crippen molar-refractivity contribution in [3.8, 4) is 23.0 Å². The van der Waals surface area contributed by atoms with Gasteiger partial charge in [-0.1, -0.05) is 12.1 Å². The highest BCUT2D eigenvalue weighted by Crippen LogP contribution is 2.35. The van der Waals surface area contributed by atoms with E-state index in [1.807, 2.05) is 12.1 Å². The molecule has 0 radical (unpaired) electrons. The number of para-hydroxylation sites is 1. The molecule has 10 heteroatoms. The Bertz CT molecular complexity index is 1440. The number of hydrogen-bond acceptors (Lipinski definition) is 7. The molecule has 34 heavy (non-hydrogen) atoms. The van der Waals surface area contributed by atoms with Crippen LogP contribution in [0.3, 0.4) is 0 Å². The normalized spacial score (nSPS) is 11.0. The van der Waals surface area contributed by atoms with Crippen LogP contribution in [0.2, 0.25) is 0 Å². The molecule has 0 fully saturated rings. The smallest absolute Gasteiger partial charge is 0.273 e. The van der Waals surface area contributed by atoms with Gasteiger partial charge in [0.1, 0.15) is 6.54 Å². The zero-order valence-corrected chi connectivity index (χ0v) is 19.7. The van der Waals surface area contributed by atoms with Crippen LogP contribution in [0.4, 0.5) is 0 Å².